The molecule has 94 valence electrons. The smallest absolute Gasteiger partial charge is 0.195 e. The van der Waals surface area contributed by atoms with Crippen LogP contribution in [0.15, 0.2) is 18.2 Å². The van der Waals surface area contributed by atoms with Crippen molar-refractivity contribution < 1.29 is 13.9 Å². The van der Waals surface area contributed by atoms with Gasteiger partial charge in [0.05, 0.1) is 13.2 Å². The van der Waals surface area contributed by atoms with Crippen molar-refractivity contribution in [3.63, 3.8) is 0 Å². The molecule has 0 aliphatic carbocycles. The second kappa shape index (κ2) is 5.12. The van der Waals surface area contributed by atoms with Crippen LogP contribution >= 0.6 is 0 Å². The topological polar surface area (TPSA) is 44.5 Å². The fourth-order valence-corrected chi connectivity index (χ4v) is 2.13. The lowest BCUT2D eigenvalue weighted by Crippen LogP contribution is -2.28. The molecule has 4 heteroatoms. The quantitative estimate of drug-likeness (QED) is 0.874. The van der Waals surface area contributed by atoms with Crippen LogP contribution in [0.5, 0.6) is 0 Å². The molecule has 0 spiro atoms. The average molecular weight is 239 g/mol. The molecule has 1 heterocycles. The minimum atomic E-state index is -0.724. The number of nitrogens with two attached hydrogens (primary N) is 1. The van der Waals surface area contributed by atoms with E-state index in [1.165, 1.54) is 6.07 Å². The predicted octanol–water partition coefficient (Wildman–Crippen LogP) is 2.07. The van der Waals surface area contributed by atoms with Crippen molar-refractivity contribution >= 4 is 0 Å². The molecular weight excluding hydrogens is 221 g/mol. The summed E-state index contributed by atoms with van der Waals surface area (Å²) in [5.74, 6) is -0.932. The van der Waals surface area contributed by atoms with E-state index in [4.69, 9.17) is 15.2 Å². The van der Waals surface area contributed by atoms with E-state index in [2.05, 4.69) is 0 Å². The highest BCUT2D eigenvalue weighted by Crippen LogP contribution is 2.36. The van der Waals surface area contributed by atoms with Gasteiger partial charge in [0.1, 0.15) is 5.82 Å². The van der Waals surface area contributed by atoms with Gasteiger partial charge in [-0.3, -0.25) is 0 Å². The van der Waals surface area contributed by atoms with E-state index >= 15 is 0 Å². The number of rotatable bonds is 4. The first kappa shape index (κ1) is 12.5. The zero-order valence-electron chi connectivity index (χ0n) is 10.0. The fourth-order valence-electron chi connectivity index (χ4n) is 2.13. The summed E-state index contributed by atoms with van der Waals surface area (Å²) in [6.45, 7) is 3.47. The highest BCUT2D eigenvalue weighted by molar-refractivity contribution is 5.28. The third-order valence-electron chi connectivity index (χ3n) is 3.06. The minimum absolute atomic E-state index is 0.208. The molecule has 17 heavy (non-hydrogen) atoms. The van der Waals surface area contributed by atoms with Gasteiger partial charge < -0.3 is 15.2 Å². The monoisotopic (exact) mass is 239 g/mol. The van der Waals surface area contributed by atoms with Gasteiger partial charge in [-0.2, -0.15) is 0 Å². The molecule has 0 saturated carbocycles. The third-order valence-corrected chi connectivity index (χ3v) is 3.06. The molecule has 1 aromatic carbocycles. The van der Waals surface area contributed by atoms with Crippen molar-refractivity contribution in [2.24, 2.45) is 5.73 Å². The highest BCUT2D eigenvalue weighted by Gasteiger charge is 2.38. The number of hydrogen-bond donors (Lipinski definition) is 1. The summed E-state index contributed by atoms with van der Waals surface area (Å²) in [6, 6.07) is 4.97. The summed E-state index contributed by atoms with van der Waals surface area (Å²) in [7, 11) is 0. The van der Waals surface area contributed by atoms with Crippen molar-refractivity contribution in [1.82, 2.24) is 0 Å². The minimum Gasteiger partial charge on any atom is -0.343 e. The van der Waals surface area contributed by atoms with Crippen molar-refractivity contribution in [3.05, 3.63) is 35.1 Å². The molecule has 2 N–H and O–H groups in total. The number of aryl methyl sites for hydroxylation is 1. The van der Waals surface area contributed by atoms with Crippen LogP contribution in [0.2, 0.25) is 0 Å². The Kier molecular flexibility index (Phi) is 3.76. The molecule has 1 aliphatic heterocycles. The van der Waals surface area contributed by atoms with Crippen molar-refractivity contribution in [3.8, 4) is 0 Å². The van der Waals surface area contributed by atoms with Gasteiger partial charge in [0.25, 0.3) is 0 Å². The summed E-state index contributed by atoms with van der Waals surface area (Å²) in [5, 5.41) is 0. The Morgan fingerprint density at radius 3 is 2.65 bits per heavy atom. The van der Waals surface area contributed by atoms with Crippen LogP contribution in [0, 0.1) is 12.7 Å². The Bertz CT molecular complexity index is 389. The van der Waals surface area contributed by atoms with Gasteiger partial charge in [0, 0.05) is 12.0 Å². The predicted molar refractivity (Wildman–Crippen MR) is 63.0 cm³/mol. The molecular formula is C13H18FNO2. The zero-order chi connectivity index (χ0) is 12.3. The van der Waals surface area contributed by atoms with Crippen molar-refractivity contribution in [2.75, 3.05) is 19.8 Å². The maximum absolute atomic E-state index is 13.3. The van der Waals surface area contributed by atoms with Crippen LogP contribution in [0.1, 0.15) is 24.0 Å². The van der Waals surface area contributed by atoms with Crippen LogP contribution in [0.4, 0.5) is 4.39 Å². The molecule has 0 atom stereocenters. The summed E-state index contributed by atoms with van der Waals surface area (Å²) >= 11 is 0. The van der Waals surface area contributed by atoms with E-state index in [0.29, 0.717) is 31.7 Å². The van der Waals surface area contributed by atoms with Crippen molar-refractivity contribution in [1.29, 1.82) is 0 Å². The van der Waals surface area contributed by atoms with Gasteiger partial charge >= 0.3 is 0 Å². The summed E-state index contributed by atoms with van der Waals surface area (Å²) < 4.78 is 24.7. The van der Waals surface area contributed by atoms with E-state index in [0.717, 1.165) is 12.0 Å². The normalized spacial score (nSPS) is 18.5. The van der Waals surface area contributed by atoms with E-state index in [9.17, 15) is 4.39 Å². The SMILES string of the molecule is Cc1cc(C2(CCCN)OCCO2)ccc1F. The lowest BCUT2D eigenvalue weighted by atomic mass is 9.98. The largest absolute Gasteiger partial charge is 0.343 e. The first-order chi connectivity index (χ1) is 8.18. The van der Waals surface area contributed by atoms with Crippen LogP contribution < -0.4 is 5.73 Å². The number of hydrogen-bond acceptors (Lipinski definition) is 3. The fraction of sp³-hybridized carbons (Fsp3) is 0.538. The van der Waals surface area contributed by atoms with Gasteiger partial charge in [-0.05, 0) is 37.6 Å². The maximum Gasteiger partial charge on any atom is 0.195 e. The standard InChI is InChI=1S/C13H18FNO2/c1-10-9-11(3-4-12(10)14)13(5-2-6-15)16-7-8-17-13/h3-4,9H,2,5-8,15H2,1H3. The maximum atomic E-state index is 13.3. The number of ether oxygens (including phenoxy) is 2. The second-order valence-electron chi connectivity index (χ2n) is 4.31. The average Bonchev–Trinajstić information content (AvgIpc) is 2.80. The van der Waals surface area contributed by atoms with Gasteiger partial charge in [-0.25, -0.2) is 4.39 Å². The first-order valence-electron chi connectivity index (χ1n) is 5.92. The molecule has 1 fully saturated rings. The lowest BCUT2D eigenvalue weighted by Gasteiger charge is -2.28. The first-order valence-corrected chi connectivity index (χ1v) is 5.92. The Hall–Kier alpha value is -0.970. The van der Waals surface area contributed by atoms with Gasteiger partial charge in [-0.1, -0.05) is 6.07 Å². The molecule has 1 saturated heterocycles. The molecule has 0 unspecified atom stereocenters. The van der Waals surface area contributed by atoms with Crippen LogP contribution in [0.3, 0.4) is 0 Å². The molecule has 0 aromatic heterocycles. The Balaban J connectivity index is 2.28. The number of halogens is 1. The van der Waals surface area contributed by atoms with Crippen LogP contribution in [-0.4, -0.2) is 19.8 Å². The molecule has 0 bridgehead atoms. The summed E-state index contributed by atoms with van der Waals surface area (Å²) in [4.78, 5) is 0. The Labute approximate surface area is 101 Å². The summed E-state index contributed by atoms with van der Waals surface area (Å²) in [5.41, 5.74) is 7.01. The molecule has 0 radical (unpaired) electrons. The molecule has 2 rings (SSSR count). The van der Waals surface area contributed by atoms with E-state index in [-0.39, 0.29) is 5.82 Å². The third kappa shape index (κ3) is 2.49. The van der Waals surface area contributed by atoms with Crippen LogP contribution in [0.25, 0.3) is 0 Å². The molecule has 0 amide bonds. The molecule has 1 aliphatic rings. The number of benzene rings is 1. The van der Waals surface area contributed by atoms with Crippen molar-refractivity contribution in [2.45, 2.75) is 25.6 Å². The van der Waals surface area contributed by atoms with E-state index < -0.39 is 5.79 Å². The van der Waals surface area contributed by atoms with Gasteiger partial charge in [-0.15, -0.1) is 0 Å². The van der Waals surface area contributed by atoms with Gasteiger partial charge in [0.2, 0.25) is 0 Å². The van der Waals surface area contributed by atoms with Crippen LogP contribution in [-0.2, 0) is 15.3 Å². The van der Waals surface area contributed by atoms with Gasteiger partial charge in [0.15, 0.2) is 5.79 Å². The molecule has 1 aromatic rings. The van der Waals surface area contributed by atoms with E-state index in [1.54, 1.807) is 19.1 Å². The lowest BCUT2D eigenvalue weighted by molar-refractivity contribution is -0.171. The Morgan fingerprint density at radius 1 is 1.35 bits per heavy atom. The van der Waals surface area contributed by atoms with E-state index in [1.807, 2.05) is 0 Å². The second-order valence-corrected chi connectivity index (χ2v) is 4.31. The molecule has 3 nitrogen and oxygen atoms in total. The summed E-state index contributed by atoms with van der Waals surface area (Å²) in [6.07, 6.45) is 1.52. The zero-order valence-corrected chi connectivity index (χ0v) is 10.0. The Morgan fingerprint density at radius 2 is 2.06 bits per heavy atom. The highest BCUT2D eigenvalue weighted by atomic mass is 19.1.